The molecule has 3 rings (SSSR count). The number of hydrogen-bond acceptors (Lipinski definition) is 2. The summed E-state index contributed by atoms with van der Waals surface area (Å²) in [5, 5.41) is 3.60. The fourth-order valence-corrected chi connectivity index (χ4v) is 3.15. The number of halogens is 1. The van der Waals surface area contributed by atoms with Crippen molar-refractivity contribution in [3.8, 4) is 0 Å². The highest BCUT2D eigenvalue weighted by Gasteiger charge is 2.30. The molecule has 0 bridgehead atoms. The summed E-state index contributed by atoms with van der Waals surface area (Å²) < 4.78 is 19.2. The first-order chi connectivity index (χ1) is 8.83. The Labute approximate surface area is 108 Å². The molecule has 2 aliphatic rings. The minimum Gasteiger partial charge on any atom is -0.372 e. The molecule has 1 saturated carbocycles. The van der Waals surface area contributed by atoms with E-state index in [0.717, 1.165) is 18.7 Å². The Kier molecular flexibility index (Phi) is 3.62. The summed E-state index contributed by atoms with van der Waals surface area (Å²) in [5.41, 5.74) is 0.946. The van der Waals surface area contributed by atoms with Gasteiger partial charge in [-0.25, -0.2) is 4.39 Å². The van der Waals surface area contributed by atoms with Crippen molar-refractivity contribution in [1.29, 1.82) is 0 Å². The number of nitrogens with one attached hydrogen (secondary N) is 1. The lowest BCUT2D eigenvalue weighted by molar-refractivity contribution is 0.0399. The third-order valence-corrected chi connectivity index (χ3v) is 4.21. The molecule has 0 radical (unpaired) electrons. The zero-order chi connectivity index (χ0) is 12.4. The molecular weight excluding hydrogens is 229 g/mol. The van der Waals surface area contributed by atoms with Gasteiger partial charge < -0.3 is 10.1 Å². The van der Waals surface area contributed by atoms with Gasteiger partial charge in [0.15, 0.2) is 0 Å². The Balaban J connectivity index is 1.71. The topological polar surface area (TPSA) is 21.3 Å². The van der Waals surface area contributed by atoms with E-state index in [1.54, 1.807) is 12.1 Å². The number of hydrogen-bond donors (Lipinski definition) is 1. The number of fused-ring (bicyclic) bond motifs is 1. The molecular formula is C15H20FNO. The van der Waals surface area contributed by atoms with Crippen LogP contribution in [-0.4, -0.2) is 19.2 Å². The zero-order valence-corrected chi connectivity index (χ0v) is 10.6. The summed E-state index contributed by atoms with van der Waals surface area (Å²) in [7, 11) is 0. The van der Waals surface area contributed by atoms with Crippen LogP contribution in [0.3, 0.4) is 0 Å². The minimum atomic E-state index is -0.183. The average Bonchev–Trinajstić information content (AvgIpc) is 2.61. The first-order valence-electron chi connectivity index (χ1n) is 6.93. The molecule has 3 unspecified atom stereocenters. The Morgan fingerprint density at radius 1 is 1.22 bits per heavy atom. The van der Waals surface area contributed by atoms with Crippen LogP contribution in [0.1, 0.15) is 37.4 Å². The van der Waals surface area contributed by atoms with E-state index in [-0.39, 0.29) is 11.9 Å². The van der Waals surface area contributed by atoms with E-state index in [1.165, 1.54) is 31.7 Å². The second-order valence-electron chi connectivity index (χ2n) is 5.44. The van der Waals surface area contributed by atoms with Crippen LogP contribution >= 0.6 is 0 Å². The SMILES string of the molecule is Fc1cccc(C2CNC3CCCCC3CO2)c1. The van der Waals surface area contributed by atoms with E-state index >= 15 is 0 Å². The third-order valence-electron chi connectivity index (χ3n) is 4.21. The van der Waals surface area contributed by atoms with E-state index in [4.69, 9.17) is 4.74 Å². The molecule has 98 valence electrons. The average molecular weight is 249 g/mol. The van der Waals surface area contributed by atoms with Crippen molar-refractivity contribution in [2.24, 2.45) is 5.92 Å². The third kappa shape index (κ3) is 2.57. The lowest BCUT2D eigenvalue weighted by Crippen LogP contribution is -2.38. The molecule has 1 heterocycles. The highest BCUT2D eigenvalue weighted by molar-refractivity contribution is 5.19. The molecule has 1 aliphatic carbocycles. The lowest BCUT2D eigenvalue weighted by atomic mass is 9.85. The molecule has 1 saturated heterocycles. The number of rotatable bonds is 1. The molecule has 2 nitrogen and oxygen atoms in total. The minimum absolute atomic E-state index is 0.00806. The van der Waals surface area contributed by atoms with Crippen LogP contribution in [0.2, 0.25) is 0 Å². The van der Waals surface area contributed by atoms with Crippen molar-refractivity contribution >= 4 is 0 Å². The summed E-state index contributed by atoms with van der Waals surface area (Å²) >= 11 is 0. The van der Waals surface area contributed by atoms with E-state index in [2.05, 4.69) is 5.32 Å². The Morgan fingerprint density at radius 3 is 3.00 bits per heavy atom. The summed E-state index contributed by atoms with van der Waals surface area (Å²) in [6.45, 7) is 1.60. The quantitative estimate of drug-likeness (QED) is 0.826. The molecule has 1 aromatic carbocycles. The van der Waals surface area contributed by atoms with Crippen LogP contribution in [0.4, 0.5) is 4.39 Å². The zero-order valence-electron chi connectivity index (χ0n) is 10.6. The fraction of sp³-hybridized carbons (Fsp3) is 0.600. The predicted octanol–water partition coefficient (Wildman–Crippen LogP) is 3.05. The highest BCUT2D eigenvalue weighted by atomic mass is 19.1. The van der Waals surface area contributed by atoms with Gasteiger partial charge >= 0.3 is 0 Å². The van der Waals surface area contributed by atoms with Crippen LogP contribution in [0.15, 0.2) is 24.3 Å². The van der Waals surface area contributed by atoms with Crippen molar-refractivity contribution < 1.29 is 9.13 Å². The van der Waals surface area contributed by atoms with Crippen molar-refractivity contribution in [3.63, 3.8) is 0 Å². The van der Waals surface area contributed by atoms with E-state index in [1.807, 2.05) is 6.07 Å². The highest BCUT2D eigenvalue weighted by Crippen LogP contribution is 2.30. The summed E-state index contributed by atoms with van der Waals surface area (Å²) in [6.07, 6.45) is 5.14. The molecule has 1 N–H and O–H groups in total. The standard InChI is InChI=1S/C15H20FNO/c16-13-6-3-5-11(8-13)15-9-17-14-7-2-1-4-12(14)10-18-15/h3,5-6,8,12,14-15,17H,1-2,4,7,9-10H2. The van der Waals surface area contributed by atoms with Gasteiger partial charge in [-0.1, -0.05) is 25.0 Å². The van der Waals surface area contributed by atoms with Crippen LogP contribution in [-0.2, 0) is 4.74 Å². The molecule has 1 aliphatic heterocycles. The van der Waals surface area contributed by atoms with Gasteiger partial charge in [0.25, 0.3) is 0 Å². The van der Waals surface area contributed by atoms with Crippen LogP contribution < -0.4 is 5.32 Å². The summed E-state index contributed by atoms with van der Waals surface area (Å²) in [6, 6.07) is 7.36. The van der Waals surface area contributed by atoms with Gasteiger partial charge in [-0.15, -0.1) is 0 Å². The van der Waals surface area contributed by atoms with E-state index in [0.29, 0.717) is 12.0 Å². The summed E-state index contributed by atoms with van der Waals surface area (Å²) in [4.78, 5) is 0. The normalized spacial score (nSPS) is 32.6. The first kappa shape index (κ1) is 12.1. The molecule has 18 heavy (non-hydrogen) atoms. The van der Waals surface area contributed by atoms with Gasteiger partial charge in [0.2, 0.25) is 0 Å². The van der Waals surface area contributed by atoms with Crippen LogP contribution in [0.5, 0.6) is 0 Å². The van der Waals surface area contributed by atoms with E-state index in [9.17, 15) is 4.39 Å². The Morgan fingerprint density at radius 2 is 2.11 bits per heavy atom. The van der Waals surface area contributed by atoms with Crippen LogP contribution in [0.25, 0.3) is 0 Å². The maximum atomic E-state index is 13.2. The molecule has 3 heteroatoms. The molecule has 0 spiro atoms. The monoisotopic (exact) mass is 249 g/mol. The van der Waals surface area contributed by atoms with E-state index < -0.39 is 0 Å². The van der Waals surface area contributed by atoms with Gasteiger partial charge in [0.1, 0.15) is 5.82 Å². The molecule has 0 aromatic heterocycles. The summed E-state index contributed by atoms with van der Waals surface area (Å²) in [5.74, 6) is 0.454. The second-order valence-corrected chi connectivity index (χ2v) is 5.44. The molecule has 2 fully saturated rings. The molecule has 0 amide bonds. The van der Waals surface area contributed by atoms with Gasteiger partial charge in [-0.2, -0.15) is 0 Å². The largest absolute Gasteiger partial charge is 0.372 e. The van der Waals surface area contributed by atoms with Gasteiger partial charge in [0, 0.05) is 12.6 Å². The van der Waals surface area contributed by atoms with Gasteiger partial charge in [-0.05, 0) is 36.5 Å². The second kappa shape index (κ2) is 5.37. The lowest BCUT2D eigenvalue weighted by Gasteiger charge is -2.29. The Bertz CT molecular complexity index is 393. The van der Waals surface area contributed by atoms with Crippen molar-refractivity contribution in [1.82, 2.24) is 5.32 Å². The van der Waals surface area contributed by atoms with Crippen molar-refractivity contribution in [2.45, 2.75) is 37.8 Å². The Hall–Kier alpha value is -0.930. The number of benzene rings is 1. The number of ether oxygens (including phenoxy) is 1. The smallest absolute Gasteiger partial charge is 0.123 e. The maximum absolute atomic E-state index is 13.2. The maximum Gasteiger partial charge on any atom is 0.123 e. The van der Waals surface area contributed by atoms with Gasteiger partial charge in [0.05, 0.1) is 12.7 Å². The fourth-order valence-electron chi connectivity index (χ4n) is 3.15. The van der Waals surface area contributed by atoms with Gasteiger partial charge in [-0.3, -0.25) is 0 Å². The first-order valence-corrected chi connectivity index (χ1v) is 6.93. The van der Waals surface area contributed by atoms with Crippen molar-refractivity contribution in [3.05, 3.63) is 35.6 Å². The predicted molar refractivity (Wildman–Crippen MR) is 68.8 cm³/mol. The molecule has 1 aromatic rings. The van der Waals surface area contributed by atoms with Crippen LogP contribution in [0, 0.1) is 11.7 Å². The van der Waals surface area contributed by atoms with Crippen molar-refractivity contribution in [2.75, 3.05) is 13.2 Å². The molecule has 3 atom stereocenters.